The van der Waals surface area contributed by atoms with Gasteiger partial charge in [0, 0.05) is 37.1 Å². The van der Waals surface area contributed by atoms with E-state index in [1.165, 1.54) is 13.5 Å². The van der Waals surface area contributed by atoms with E-state index in [4.69, 9.17) is 19.4 Å². The van der Waals surface area contributed by atoms with Crippen LogP contribution in [0.3, 0.4) is 0 Å². The molecule has 0 spiro atoms. The summed E-state index contributed by atoms with van der Waals surface area (Å²) in [6, 6.07) is 19.7. The van der Waals surface area contributed by atoms with Crippen LogP contribution in [-0.4, -0.2) is 75.3 Å². The summed E-state index contributed by atoms with van der Waals surface area (Å²) in [5.74, 6) is 2.22. The van der Waals surface area contributed by atoms with Crippen molar-refractivity contribution in [2.45, 2.75) is 75.7 Å². The number of carbonyl (C=O) groups is 2. The van der Waals surface area contributed by atoms with Crippen molar-refractivity contribution in [3.63, 3.8) is 0 Å². The second kappa shape index (κ2) is 12.5. The molecule has 3 saturated heterocycles. The lowest BCUT2D eigenvalue weighted by atomic mass is 9.90. The lowest BCUT2D eigenvalue weighted by Gasteiger charge is -2.35. The Balaban J connectivity index is 0.942. The molecule has 2 aromatic heterocycles. The van der Waals surface area contributed by atoms with Crippen LogP contribution in [-0.2, 0) is 14.3 Å². The number of likely N-dealkylation sites (tertiary alicyclic amines) is 1. The SMILES string of the molecule is COC(=O)N[C@H](C(=O)N1C2C[C@@H]2C[C@H]1c1nc(-c2ccc3cc(-c4ccc5nc([C@@H]6CC[C@@H](C)N6)[nH]c5c4)ccc3c2)c[nH]1)C1CCOCC1. The summed E-state index contributed by atoms with van der Waals surface area (Å²) >= 11 is 0. The molecule has 11 nitrogen and oxygen atoms in total. The number of aromatic nitrogens is 4. The zero-order valence-corrected chi connectivity index (χ0v) is 28.4. The Morgan fingerprint density at radius 2 is 1.68 bits per heavy atom. The third-order valence-corrected chi connectivity index (χ3v) is 11.4. The number of H-pyrrole nitrogens is 2. The summed E-state index contributed by atoms with van der Waals surface area (Å²) in [7, 11) is 1.33. The number of ether oxygens (including phenoxy) is 2. The van der Waals surface area contributed by atoms with E-state index >= 15 is 0 Å². The molecule has 5 aromatic rings. The molecule has 4 aliphatic rings. The quantitative estimate of drug-likeness (QED) is 0.157. The summed E-state index contributed by atoms with van der Waals surface area (Å²) in [6.45, 7) is 3.39. The number of benzene rings is 3. The topological polar surface area (TPSA) is 137 Å². The lowest BCUT2D eigenvalue weighted by molar-refractivity contribution is -0.138. The van der Waals surface area contributed by atoms with Gasteiger partial charge in [-0.05, 0) is 103 Å². The molecule has 4 N–H and O–H groups in total. The fourth-order valence-corrected chi connectivity index (χ4v) is 8.55. The van der Waals surface area contributed by atoms with Crippen LogP contribution in [0.2, 0.25) is 0 Å². The Morgan fingerprint density at radius 3 is 2.46 bits per heavy atom. The van der Waals surface area contributed by atoms with E-state index in [0.29, 0.717) is 25.2 Å². The highest BCUT2D eigenvalue weighted by Gasteiger charge is 2.56. The van der Waals surface area contributed by atoms with Gasteiger partial charge in [-0.25, -0.2) is 14.8 Å². The maximum Gasteiger partial charge on any atom is 0.407 e. The summed E-state index contributed by atoms with van der Waals surface area (Å²) in [5, 5.41) is 8.78. The predicted octanol–water partition coefficient (Wildman–Crippen LogP) is 6.40. The molecule has 258 valence electrons. The van der Waals surface area contributed by atoms with Crippen LogP contribution in [0, 0.1) is 11.8 Å². The second-order valence-corrected chi connectivity index (χ2v) is 14.6. The van der Waals surface area contributed by atoms with Gasteiger partial charge in [-0.15, -0.1) is 0 Å². The van der Waals surface area contributed by atoms with Gasteiger partial charge in [0.15, 0.2) is 0 Å². The Hall–Kier alpha value is -4.74. The zero-order chi connectivity index (χ0) is 33.9. The molecule has 0 bridgehead atoms. The molecule has 1 aliphatic carbocycles. The molecule has 50 heavy (non-hydrogen) atoms. The van der Waals surface area contributed by atoms with Crippen molar-refractivity contribution in [3.05, 3.63) is 72.4 Å². The van der Waals surface area contributed by atoms with Crippen molar-refractivity contribution < 1.29 is 19.1 Å². The number of carbonyl (C=O) groups excluding carboxylic acids is 2. The van der Waals surface area contributed by atoms with Gasteiger partial charge < -0.3 is 35.0 Å². The Kier molecular flexibility index (Phi) is 7.84. The van der Waals surface area contributed by atoms with Crippen molar-refractivity contribution in [1.29, 1.82) is 0 Å². The summed E-state index contributed by atoms with van der Waals surface area (Å²) in [4.78, 5) is 45.3. The number of aromatic amines is 2. The number of nitrogens with one attached hydrogen (secondary N) is 4. The average Bonchev–Trinajstić information content (AvgIpc) is 3.62. The van der Waals surface area contributed by atoms with Gasteiger partial charge in [-0.2, -0.15) is 0 Å². The average molecular weight is 674 g/mol. The highest BCUT2D eigenvalue weighted by atomic mass is 16.5. The fraction of sp³-hybridized carbons (Fsp3) is 0.436. The van der Waals surface area contributed by atoms with Gasteiger partial charge in [-0.3, -0.25) is 4.79 Å². The number of piperidine rings is 1. The minimum Gasteiger partial charge on any atom is -0.453 e. The van der Waals surface area contributed by atoms with E-state index in [2.05, 4.69) is 82.1 Å². The van der Waals surface area contributed by atoms with Gasteiger partial charge in [0.05, 0.1) is 35.9 Å². The first-order chi connectivity index (χ1) is 24.4. The Morgan fingerprint density at radius 1 is 0.920 bits per heavy atom. The first-order valence-electron chi connectivity index (χ1n) is 18.0. The molecular weight excluding hydrogens is 630 g/mol. The molecule has 4 fully saturated rings. The largest absolute Gasteiger partial charge is 0.453 e. The highest BCUT2D eigenvalue weighted by Crippen LogP contribution is 2.53. The van der Waals surface area contributed by atoms with E-state index in [-0.39, 0.29) is 30.0 Å². The van der Waals surface area contributed by atoms with Gasteiger partial charge in [0.2, 0.25) is 5.91 Å². The predicted molar refractivity (Wildman–Crippen MR) is 190 cm³/mol. The number of fused-ring (bicyclic) bond motifs is 3. The van der Waals surface area contributed by atoms with Crippen LogP contribution >= 0.6 is 0 Å². The molecule has 6 atom stereocenters. The summed E-state index contributed by atoms with van der Waals surface area (Å²) < 4.78 is 10.5. The number of imidazole rings is 2. The van der Waals surface area contributed by atoms with E-state index in [1.807, 2.05) is 11.1 Å². The van der Waals surface area contributed by atoms with Crippen LogP contribution < -0.4 is 10.6 Å². The smallest absolute Gasteiger partial charge is 0.407 e. The zero-order valence-electron chi connectivity index (χ0n) is 28.4. The Bertz CT molecular complexity index is 2080. The third kappa shape index (κ3) is 5.72. The van der Waals surface area contributed by atoms with Crippen LogP contribution in [0.15, 0.2) is 60.8 Å². The minimum absolute atomic E-state index is 0.00320. The van der Waals surface area contributed by atoms with Crippen LogP contribution in [0.25, 0.3) is 44.2 Å². The highest BCUT2D eigenvalue weighted by molar-refractivity contribution is 5.92. The molecule has 3 aliphatic heterocycles. The molecule has 1 unspecified atom stereocenters. The molecule has 0 radical (unpaired) electrons. The number of methoxy groups -OCH3 is 1. The van der Waals surface area contributed by atoms with Gasteiger partial charge >= 0.3 is 6.09 Å². The second-order valence-electron chi connectivity index (χ2n) is 14.6. The van der Waals surface area contributed by atoms with Crippen molar-refractivity contribution in [2.75, 3.05) is 20.3 Å². The Labute approximate surface area is 290 Å². The minimum atomic E-state index is -0.648. The summed E-state index contributed by atoms with van der Waals surface area (Å²) in [6.07, 6.45) is 6.94. The number of alkyl carbamates (subject to hydrolysis) is 1. The number of amides is 2. The third-order valence-electron chi connectivity index (χ3n) is 11.4. The molecule has 2 amide bonds. The molecule has 3 aromatic carbocycles. The van der Waals surface area contributed by atoms with Crippen molar-refractivity contribution in [1.82, 2.24) is 35.5 Å². The number of hydrogen-bond acceptors (Lipinski definition) is 7. The molecule has 11 heteroatoms. The van der Waals surface area contributed by atoms with Gasteiger partial charge in [-0.1, -0.05) is 30.3 Å². The van der Waals surface area contributed by atoms with Crippen molar-refractivity contribution >= 4 is 33.8 Å². The maximum absolute atomic E-state index is 14.2. The maximum atomic E-state index is 14.2. The van der Waals surface area contributed by atoms with Gasteiger partial charge in [0.25, 0.3) is 0 Å². The normalized spacial score (nSPS) is 25.6. The van der Waals surface area contributed by atoms with Crippen LogP contribution in [0.4, 0.5) is 4.79 Å². The van der Waals surface area contributed by atoms with Crippen molar-refractivity contribution in [2.24, 2.45) is 11.8 Å². The lowest BCUT2D eigenvalue weighted by Crippen LogP contribution is -2.54. The van der Waals surface area contributed by atoms with Crippen LogP contribution in [0.1, 0.15) is 69.2 Å². The number of hydrogen-bond donors (Lipinski definition) is 4. The van der Waals surface area contributed by atoms with Crippen molar-refractivity contribution in [3.8, 4) is 22.4 Å². The first kappa shape index (κ1) is 31.3. The summed E-state index contributed by atoms with van der Waals surface area (Å²) in [5.41, 5.74) is 6.22. The van der Waals surface area contributed by atoms with E-state index in [9.17, 15) is 9.59 Å². The van der Waals surface area contributed by atoms with Crippen LogP contribution in [0.5, 0.6) is 0 Å². The van der Waals surface area contributed by atoms with E-state index in [1.54, 1.807) is 0 Å². The first-order valence-corrected chi connectivity index (χ1v) is 18.0. The number of nitrogens with zero attached hydrogens (tertiary/aromatic N) is 3. The van der Waals surface area contributed by atoms with E-state index in [0.717, 1.165) is 87.9 Å². The van der Waals surface area contributed by atoms with E-state index < -0.39 is 12.1 Å². The molecule has 5 heterocycles. The fourth-order valence-electron chi connectivity index (χ4n) is 8.55. The molecule has 1 saturated carbocycles. The van der Waals surface area contributed by atoms with Gasteiger partial charge in [0.1, 0.15) is 17.7 Å². The molecule has 9 rings (SSSR count). The number of rotatable bonds is 7. The standard InChI is InChI=1S/C39H43N7O4/c1-21-3-9-30(41-21)36-42-29-10-8-26(17-31(29)43-36)24-4-5-25-16-27(7-6-23(25)15-24)32-20-40-37(44-32)34-19-28-18-33(28)46(34)38(47)35(45-39(48)49-2)22-11-13-50-14-12-22/h4-8,10,15-17,20-22,28,30,33-35,41H,3,9,11-14,18-19H2,1-2H3,(H,40,44)(H,42,43)(H,45,48)/t21-,28-,30+,33?,34+,35+/m1/s1. The molecular formula is C39H43N7O4. The monoisotopic (exact) mass is 673 g/mol.